The summed E-state index contributed by atoms with van der Waals surface area (Å²) >= 11 is 0. The number of H-pyrrole nitrogens is 1. The quantitative estimate of drug-likeness (QED) is 0.800. The molecule has 0 aromatic carbocycles. The SMILES string of the molecule is Cc1nnc(N/N=C2/C[C@@H](C)CC(C)(C)C2)[nH]c1=O. The number of hydrogen-bond acceptors (Lipinski definition) is 5. The van der Waals surface area contributed by atoms with Crippen molar-refractivity contribution < 1.29 is 0 Å². The lowest BCUT2D eigenvalue weighted by atomic mass is 9.72. The van der Waals surface area contributed by atoms with Crippen molar-refractivity contribution in [2.45, 2.75) is 47.0 Å². The van der Waals surface area contributed by atoms with Crippen LogP contribution in [0.15, 0.2) is 9.90 Å². The zero-order valence-corrected chi connectivity index (χ0v) is 11.9. The van der Waals surface area contributed by atoms with Crippen LogP contribution in [0.2, 0.25) is 0 Å². The van der Waals surface area contributed by atoms with Crippen LogP contribution in [0.25, 0.3) is 0 Å². The molecule has 0 bridgehead atoms. The molecule has 0 saturated heterocycles. The molecular formula is C13H21N5O. The van der Waals surface area contributed by atoms with Gasteiger partial charge in [-0.15, -0.1) is 10.2 Å². The van der Waals surface area contributed by atoms with E-state index in [1.54, 1.807) is 6.92 Å². The first-order valence-electron chi connectivity index (χ1n) is 6.61. The predicted octanol–water partition coefficient (Wildman–Crippen LogP) is 2.09. The molecule has 19 heavy (non-hydrogen) atoms. The highest BCUT2D eigenvalue weighted by molar-refractivity contribution is 5.86. The largest absolute Gasteiger partial charge is 0.288 e. The summed E-state index contributed by atoms with van der Waals surface area (Å²) in [6.07, 6.45) is 3.17. The van der Waals surface area contributed by atoms with Gasteiger partial charge in [0.15, 0.2) is 0 Å². The van der Waals surface area contributed by atoms with E-state index in [-0.39, 0.29) is 11.0 Å². The number of anilines is 1. The zero-order valence-electron chi connectivity index (χ0n) is 11.9. The van der Waals surface area contributed by atoms with Gasteiger partial charge in [-0.25, -0.2) is 5.43 Å². The molecule has 0 aliphatic heterocycles. The number of hydrazone groups is 1. The molecule has 0 unspecified atom stereocenters. The lowest BCUT2D eigenvalue weighted by Gasteiger charge is -2.34. The third-order valence-electron chi connectivity index (χ3n) is 3.35. The third-order valence-corrected chi connectivity index (χ3v) is 3.35. The summed E-state index contributed by atoms with van der Waals surface area (Å²) in [5, 5.41) is 12.0. The van der Waals surface area contributed by atoms with E-state index in [0.29, 0.717) is 17.6 Å². The van der Waals surface area contributed by atoms with Crippen LogP contribution in [0, 0.1) is 18.3 Å². The van der Waals surface area contributed by atoms with Gasteiger partial charge in [0.1, 0.15) is 5.69 Å². The van der Waals surface area contributed by atoms with Crippen LogP contribution in [-0.2, 0) is 0 Å². The van der Waals surface area contributed by atoms with Crippen molar-refractivity contribution in [1.29, 1.82) is 0 Å². The second-order valence-electron chi connectivity index (χ2n) is 6.23. The van der Waals surface area contributed by atoms with Crippen molar-refractivity contribution in [2.75, 3.05) is 5.43 Å². The Bertz CT molecular complexity index is 546. The van der Waals surface area contributed by atoms with Crippen molar-refractivity contribution in [1.82, 2.24) is 15.2 Å². The summed E-state index contributed by atoms with van der Waals surface area (Å²) in [6, 6.07) is 0. The Labute approximate surface area is 112 Å². The molecule has 104 valence electrons. The maximum Gasteiger partial charge on any atom is 0.274 e. The molecule has 1 heterocycles. The van der Waals surface area contributed by atoms with Gasteiger partial charge in [0.25, 0.3) is 5.56 Å². The van der Waals surface area contributed by atoms with Crippen LogP contribution in [-0.4, -0.2) is 20.9 Å². The monoisotopic (exact) mass is 263 g/mol. The van der Waals surface area contributed by atoms with Crippen LogP contribution in [0.4, 0.5) is 5.95 Å². The fourth-order valence-corrected chi connectivity index (χ4v) is 2.78. The highest BCUT2D eigenvalue weighted by Gasteiger charge is 2.29. The predicted molar refractivity (Wildman–Crippen MR) is 75.2 cm³/mol. The van der Waals surface area contributed by atoms with Crippen LogP contribution < -0.4 is 11.0 Å². The highest BCUT2D eigenvalue weighted by Crippen LogP contribution is 2.36. The molecule has 1 fully saturated rings. The average molecular weight is 263 g/mol. The van der Waals surface area contributed by atoms with E-state index in [2.05, 4.69) is 46.5 Å². The Kier molecular flexibility index (Phi) is 3.68. The number of hydrogen-bond donors (Lipinski definition) is 2. The molecular weight excluding hydrogens is 242 g/mol. The Morgan fingerprint density at radius 1 is 1.42 bits per heavy atom. The van der Waals surface area contributed by atoms with E-state index in [9.17, 15) is 4.79 Å². The molecule has 0 spiro atoms. The number of nitrogens with zero attached hydrogens (tertiary/aromatic N) is 3. The van der Waals surface area contributed by atoms with E-state index in [1.165, 1.54) is 6.42 Å². The first-order valence-corrected chi connectivity index (χ1v) is 6.61. The Morgan fingerprint density at radius 3 is 2.79 bits per heavy atom. The summed E-state index contributed by atoms with van der Waals surface area (Å²) in [6.45, 7) is 8.37. The number of rotatable bonds is 2. The normalized spacial score (nSPS) is 24.4. The summed E-state index contributed by atoms with van der Waals surface area (Å²) in [4.78, 5) is 14.0. The fourth-order valence-electron chi connectivity index (χ4n) is 2.78. The van der Waals surface area contributed by atoms with Crippen molar-refractivity contribution in [3.8, 4) is 0 Å². The van der Waals surface area contributed by atoms with Gasteiger partial charge in [-0.05, 0) is 37.5 Å². The summed E-state index contributed by atoms with van der Waals surface area (Å²) < 4.78 is 0. The lowest BCUT2D eigenvalue weighted by Crippen LogP contribution is -2.28. The van der Waals surface area contributed by atoms with Gasteiger partial charge in [0.05, 0.1) is 0 Å². The molecule has 1 saturated carbocycles. The Morgan fingerprint density at radius 2 is 2.16 bits per heavy atom. The number of aromatic nitrogens is 3. The summed E-state index contributed by atoms with van der Waals surface area (Å²) in [5.74, 6) is 0.923. The van der Waals surface area contributed by atoms with Gasteiger partial charge in [-0.3, -0.25) is 9.78 Å². The van der Waals surface area contributed by atoms with Crippen molar-refractivity contribution >= 4 is 11.7 Å². The minimum absolute atomic E-state index is 0.241. The molecule has 0 radical (unpaired) electrons. The molecule has 1 atom stereocenters. The highest BCUT2D eigenvalue weighted by atomic mass is 16.1. The number of aromatic amines is 1. The molecule has 2 rings (SSSR count). The fraction of sp³-hybridized carbons (Fsp3) is 0.692. The molecule has 6 nitrogen and oxygen atoms in total. The minimum Gasteiger partial charge on any atom is -0.288 e. The second kappa shape index (κ2) is 5.11. The van der Waals surface area contributed by atoms with E-state index in [1.807, 2.05) is 0 Å². The van der Waals surface area contributed by atoms with Crippen LogP contribution in [0.3, 0.4) is 0 Å². The Balaban J connectivity index is 2.09. The Hall–Kier alpha value is -1.72. The molecule has 1 aromatic heterocycles. The number of aryl methyl sites for hydroxylation is 1. The first-order chi connectivity index (χ1) is 8.85. The van der Waals surface area contributed by atoms with E-state index >= 15 is 0 Å². The molecule has 1 aliphatic rings. The van der Waals surface area contributed by atoms with Gasteiger partial charge in [-0.2, -0.15) is 5.10 Å². The molecule has 2 N–H and O–H groups in total. The number of nitrogens with one attached hydrogen (secondary N) is 2. The third kappa shape index (κ3) is 3.62. The van der Waals surface area contributed by atoms with Crippen molar-refractivity contribution in [2.24, 2.45) is 16.4 Å². The standard InChI is InChI=1S/C13H21N5O/c1-8-5-10(7-13(3,4)6-8)16-18-12-14-11(19)9(2)15-17-12/h8H,5-7H2,1-4H3,(H2,14,17,18,19)/b16-10-/t8-/m1/s1. The van der Waals surface area contributed by atoms with E-state index < -0.39 is 0 Å². The average Bonchev–Trinajstić information content (AvgIpc) is 2.28. The van der Waals surface area contributed by atoms with Gasteiger partial charge in [0, 0.05) is 5.71 Å². The molecule has 1 aromatic rings. The van der Waals surface area contributed by atoms with Crippen molar-refractivity contribution in [3.63, 3.8) is 0 Å². The van der Waals surface area contributed by atoms with Gasteiger partial charge in [0.2, 0.25) is 5.95 Å². The van der Waals surface area contributed by atoms with Gasteiger partial charge >= 0.3 is 0 Å². The van der Waals surface area contributed by atoms with Crippen LogP contribution in [0.5, 0.6) is 0 Å². The second-order valence-corrected chi connectivity index (χ2v) is 6.23. The summed E-state index contributed by atoms with van der Waals surface area (Å²) in [7, 11) is 0. The molecule has 6 heteroatoms. The smallest absolute Gasteiger partial charge is 0.274 e. The van der Waals surface area contributed by atoms with E-state index in [4.69, 9.17) is 0 Å². The van der Waals surface area contributed by atoms with Crippen LogP contribution in [0.1, 0.15) is 45.7 Å². The first kappa shape index (κ1) is 13.7. The van der Waals surface area contributed by atoms with Crippen molar-refractivity contribution in [3.05, 3.63) is 16.0 Å². The topological polar surface area (TPSA) is 83.0 Å². The summed E-state index contributed by atoms with van der Waals surface area (Å²) in [5.41, 5.74) is 4.31. The maximum absolute atomic E-state index is 11.4. The maximum atomic E-state index is 11.4. The van der Waals surface area contributed by atoms with Gasteiger partial charge < -0.3 is 0 Å². The van der Waals surface area contributed by atoms with Crippen LogP contribution >= 0.6 is 0 Å². The lowest BCUT2D eigenvalue weighted by molar-refractivity contribution is 0.266. The molecule has 0 amide bonds. The molecule has 1 aliphatic carbocycles. The minimum atomic E-state index is -0.241. The zero-order chi connectivity index (χ0) is 14.0. The van der Waals surface area contributed by atoms with E-state index in [0.717, 1.165) is 18.6 Å². The van der Waals surface area contributed by atoms with Gasteiger partial charge in [-0.1, -0.05) is 20.8 Å².